The van der Waals surface area contributed by atoms with Crippen molar-refractivity contribution in [2.24, 2.45) is 5.41 Å². The van der Waals surface area contributed by atoms with Gasteiger partial charge in [-0.25, -0.2) is 13.2 Å². The molecule has 7 nitrogen and oxygen atoms in total. The number of halogens is 1. The monoisotopic (exact) mass is 532 g/mol. The van der Waals surface area contributed by atoms with Crippen LogP contribution in [0.1, 0.15) is 38.5 Å². The first-order valence-corrected chi connectivity index (χ1v) is 14.6. The lowest BCUT2D eigenvalue weighted by Crippen LogP contribution is -2.64. The molecule has 0 saturated heterocycles. The molecule has 0 unspecified atom stereocenters. The van der Waals surface area contributed by atoms with Crippen molar-refractivity contribution >= 4 is 39.1 Å². The number of hydrogen-bond acceptors (Lipinski definition) is 6. The minimum absolute atomic E-state index is 0.0510. The Kier molecular flexibility index (Phi) is 6.33. The Labute approximate surface area is 215 Å². The highest BCUT2D eigenvalue weighted by Crippen LogP contribution is 2.62. The van der Waals surface area contributed by atoms with Gasteiger partial charge in [-0.2, -0.15) is 8.70 Å². The van der Waals surface area contributed by atoms with Gasteiger partial charge in [-0.3, -0.25) is 0 Å². The third-order valence-electron chi connectivity index (χ3n) is 7.93. The van der Waals surface area contributed by atoms with Gasteiger partial charge in [0.05, 0.1) is 16.1 Å². The van der Waals surface area contributed by atoms with Crippen LogP contribution in [0.3, 0.4) is 0 Å². The smallest absolute Gasteiger partial charge is 0.368 e. The molecule has 1 heterocycles. The molecule has 2 fully saturated rings. The lowest BCUT2D eigenvalue weighted by Gasteiger charge is -2.58. The first-order valence-electron chi connectivity index (χ1n) is 11.9. The van der Waals surface area contributed by atoms with Gasteiger partial charge in [-0.15, -0.1) is 11.8 Å². The standard InChI is InChI=1S/C26H29FN2O5S2/c1-28-26(15-25(16-26)10-6-7-11-25)17-29(18-8-4-3-5-9-18)20-12-22(35-2)21(13-23(20)36(28,32)33)34-14-19(27)24(30)31/h3-5,8-9,12-14H,6-7,10-11,15-17H2,1-2H3,(H,30,31)/b19-14-. The molecule has 2 saturated carbocycles. The summed E-state index contributed by atoms with van der Waals surface area (Å²) < 4.78 is 48.7. The predicted molar refractivity (Wildman–Crippen MR) is 137 cm³/mol. The molecule has 0 bridgehead atoms. The van der Waals surface area contributed by atoms with E-state index in [2.05, 4.69) is 4.90 Å². The Morgan fingerprint density at radius 1 is 1.17 bits per heavy atom. The SMILES string of the molecule is CSc1cc2c(cc1O/C=C(\F)C(=O)O)S(=O)(=O)N(C)C1(CN2c2ccccc2)CC2(CCCC2)C1. The van der Waals surface area contributed by atoms with Gasteiger partial charge in [-0.1, -0.05) is 31.0 Å². The summed E-state index contributed by atoms with van der Waals surface area (Å²) in [5.74, 6) is -3.15. The first-order chi connectivity index (χ1) is 17.1. The molecule has 1 aliphatic heterocycles. The topological polar surface area (TPSA) is 87.1 Å². The Hall–Kier alpha value is -2.56. The van der Waals surface area contributed by atoms with Gasteiger partial charge in [-0.05, 0) is 55.6 Å². The number of carboxylic acids is 1. The quantitative estimate of drug-likeness (QED) is 0.307. The van der Waals surface area contributed by atoms with E-state index in [1.54, 1.807) is 19.4 Å². The molecule has 2 spiro atoms. The number of rotatable bonds is 5. The average Bonchev–Trinajstić information content (AvgIpc) is 3.31. The largest absolute Gasteiger partial charge is 0.476 e. The molecule has 0 atom stereocenters. The first kappa shape index (κ1) is 25.1. The van der Waals surface area contributed by atoms with Crippen LogP contribution < -0.4 is 9.64 Å². The maximum absolute atomic E-state index is 14.1. The van der Waals surface area contributed by atoms with E-state index in [-0.39, 0.29) is 16.1 Å². The van der Waals surface area contributed by atoms with Gasteiger partial charge in [0.15, 0.2) is 0 Å². The van der Waals surface area contributed by atoms with Crippen molar-refractivity contribution in [3.8, 4) is 5.75 Å². The number of benzene rings is 2. The van der Waals surface area contributed by atoms with Crippen LogP contribution in [0, 0.1) is 5.41 Å². The summed E-state index contributed by atoms with van der Waals surface area (Å²) in [6.07, 6.45) is 8.57. The summed E-state index contributed by atoms with van der Waals surface area (Å²) in [6.45, 7) is 0.517. The third-order valence-corrected chi connectivity index (χ3v) is 10.7. The second-order valence-corrected chi connectivity index (χ2v) is 12.8. The summed E-state index contributed by atoms with van der Waals surface area (Å²) in [4.78, 5) is 13.6. The highest BCUT2D eigenvalue weighted by Gasteiger charge is 2.61. The number of aliphatic carboxylic acids is 1. The molecular formula is C26H29FN2O5S2. The van der Waals surface area contributed by atoms with Crippen LogP contribution >= 0.6 is 11.8 Å². The molecule has 0 aromatic heterocycles. The Bertz CT molecular complexity index is 1320. The van der Waals surface area contributed by atoms with Crippen LogP contribution in [0.15, 0.2) is 64.3 Å². The van der Waals surface area contributed by atoms with Crippen molar-refractivity contribution < 1.29 is 27.4 Å². The lowest BCUT2D eigenvalue weighted by atomic mass is 9.56. The van der Waals surface area contributed by atoms with Crippen LogP contribution in [0.25, 0.3) is 0 Å². The van der Waals surface area contributed by atoms with E-state index < -0.39 is 27.4 Å². The van der Waals surface area contributed by atoms with Crippen LogP contribution in [-0.4, -0.2) is 49.2 Å². The van der Waals surface area contributed by atoms with Gasteiger partial charge in [0.2, 0.25) is 15.9 Å². The number of nitrogens with zero attached hydrogens (tertiary/aromatic N) is 2. The van der Waals surface area contributed by atoms with E-state index in [1.165, 1.54) is 35.0 Å². The van der Waals surface area contributed by atoms with E-state index in [9.17, 15) is 17.6 Å². The molecule has 0 amide bonds. The summed E-state index contributed by atoms with van der Waals surface area (Å²) >= 11 is 1.31. The van der Waals surface area contributed by atoms with Gasteiger partial charge in [0, 0.05) is 25.3 Å². The average molecular weight is 533 g/mol. The number of likely N-dealkylation sites (N-methyl/N-ethyl adjacent to an activating group) is 1. The maximum atomic E-state index is 14.1. The minimum atomic E-state index is -3.94. The molecule has 5 rings (SSSR count). The zero-order valence-corrected chi connectivity index (χ0v) is 21.9. The van der Waals surface area contributed by atoms with Gasteiger partial charge >= 0.3 is 5.97 Å². The number of carbonyl (C=O) groups is 1. The molecule has 0 radical (unpaired) electrons. The zero-order valence-electron chi connectivity index (χ0n) is 20.2. The normalized spacial score (nSPS) is 22.2. The molecule has 1 N–H and O–H groups in total. The van der Waals surface area contributed by atoms with Crippen molar-refractivity contribution in [1.82, 2.24) is 4.31 Å². The van der Waals surface area contributed by atoms with Crippen molar-refractivity contribution in [3.63, 3.8) is 0 Å². The Morgan fingerprint density at radius 2 is 1.83 bits per heavy atom. The van der Waals surface area contributed by atoms with Crippen LogP contribution in [0.5, 0.6) is 5.75 Å². The van der Waals surface area contributed by atoms with Gasteiger partial charge < -0.3 is 14.7 Å². The van der Waals surface area contributed by atoms with Crippen molar-refractivity contribution in [2.75, 3.05) is 24.7 Å². The Morgan fingerprint density at radius 3 is 2.44 bits per heavy atom. The summed E-state index contributed by atoms with van der Waals surface area (Å²) in [5.41, 5.74) is 1.07. The second kappa shape index (κ2) is 9.08. The lowest BCUT2D eigenvalue weighted by molar-refractivity contribution is -0.134. The molecule has 2 aliphatic carbocycles. The summed E-state index contributed by atoms with van der Waals surface area (Å²) in [5, 5.41) is 8.84. The molecule has 2 aromatic carbocycles. The molecular weight excluding hydrogens is 503 g/mol. The number of sulfonamides is 1. The van der Waals surface area contributed by atoms with Crippen molar-refractivity contribution in [1.29, 1.82) is 0 Å². The molecule has 192 valence electrons. The highest BCUT2D eigenvalue weighted by molar-refractivity contribution is 7.98. The van der Waals surface area contributed by atoms with Crippen LogP contribution in [0.2, 0.25) is 0 Å². The molecule has 2 aromatic rings. The molecule has 36 heavy (non-hydrogen) atoms. The van der Waals surface area contributed by atoms with E-state index in [4.69, 9.17) is 9.84 Å². The maximum Gasteiger partial charge on any atom is 0.368 e. The Balaban J connectivity index is 1.66. The van der Waals surface area contributed by atoms with Crippen LogP contribution in [0.4, 0.5) is 15.8 Å². The number of thioether (sulfide) groups is 1. The van der Waals surface area contributed by atoms with E-state index in [0.29, 0.717) is 23.4 Å². The van der Waals surface area contributed by atoms with Gasteiger partial charge in [0.1, 0.15) is 16.9 Å². The molecule has 10 heteroatoms. The van der Waals surface area contributed by atoms with Crippen LogP contribution in [-0.2, 0) is 14.8 Å². The summed E-state index contributed by atoms with van der Waals surface area (Å²) in [7, 11) is -2.29. The second-order valence-electron chi connectivity index (χ2n) is 10.0. The van der Waals surface area contributed by atoms with E-state index >= 15 is 0 Å². The number of fused-ring (bicyclic) bond motifs is 1. The van der Waals surface area contributed by atoms with Crippen molar-refractivity contribution in [2.45, 2.75) is 53.9 Å². The van der Waals surface area contributed by atoms with Gasteiger partial charge in [0.25, 0.3) is 0 Å². The summed E-state index contributed by atoms with van der Waals surface area (Å²) in [6, 6.07) is 12.8. The number of hydrogen-bond donors (Lipinski definition) is 1. The highest BCUT2D eigenvalue weighted by atomic mass is 32.2. The number of anilines is 2. The fourth-order valence-electron chi connectivity index (χ4n) is 6.24. The number of carboxylic acid groups (broad SMARTS) is 1. The predicted octanol–water partition coefficient (Wildman–Crippen LogP) is 5.55. The van der Waals surface area contributed by atoms with E-state index in [0.717, 1.165) is 31.4 Å². The van der Waals surface area contributed by atoms with Crippen molar-refractivity contribution in [3.05, 3.63) is 54.6 Å². The molecule has 3 aliphatic rings. The van der Waals surface area contributed by atoms with E-state index in [1.807, 2.05) is 30.3 Å². The fourth-order valence-corrected chi connectivity index (χ4v) is 8.46. The third kappa shape index (κ3) is 4.09. The zero-order chi connectivity index (χ0) is 25.7. The number of para-hydroxylation sites is 1. The minimum Gasteiger partial charge on any atom is -0.476 e. The fraction of sp³-hybridized carbons (Fsp3) is 0.423. The number of ether oxygens (including phenoxy) is 1.